The molecule has 0 bridgehead atoms. The van der Waals surface area contributed by atoms with Gasteiger partial charge in [-0.2, -0.15) is 0 Å². The largest absolute Gasteiger partial charge is 0.380 e. The summed E-state index contributed by atoms with van der Waals surface area (Å²) in [5.41, 5.74) is 0. The van der Waals surface area contributed by atoms with E-state index in [-0.39, 0.29) is 11.9 Å². The van der Waals surface area contributed by atoms with Crippen LogP contribution in [-0.4, -0.2) is 31.0 Å². The molecule has 0 rings (SSSR count). The van der Waals surface area contributed by atoms with Gasteiger partial charge in [-0.05, 0) is 12.8 Å². The number of halogens is 1. The second kappa shape index (κ2) is 8.06. The van der Waals surface area contributed by atoms with Crippen molar-refractivity contribution in [3.63, 3.8) is 0 Å². The first kappa shape index (κ1) is 13.7. The first-order valence-electron chi connectivity index (χ1n) is 5.04. The zero-order valence-corrected chi connectivity index (χ0v) is 9.93. The standard InChI is InChI=1S/C10H20ClNO2/c1-4-14-7-9(8(2)3)12-10(13)5-6-11/h8-9H,4-7H2,1-3H3,(H,12,13). The van der Waals surface area contributed by atoms with Gasteiger partial charge in [-0.25, -0.2) is 0 Å². The Morgan fingerprint density at radius 2 is 2.14 bits per heavy atom. The van der Waals surface area contributed by atoms with Crippen molar-refractivity contribution in [3.8, 4) is 0 Å². The van der Waals surface area contributed by atoms with Crippen molar-refractivity contribution in [2.75, 3.05) is 19.1 Å². The average Bonchev–Trinajstić information content (AvgIpc) is 2.12. The number of carbonyl (C=O) groups is 1. The topological polar surface area (TPSA) is 38.3 Å². The highest BCUT2D eigenvalue weighted by atomic mass is 35.5. The summed E-state index contributed by atoms with van der Waals surface area (Å²) in [6, 6.07) is 0.0886. The monoisotopic (exact) mass is 221 g/mol. The molecule has 3 nitrogen and oxygen atoms in total. The molecule has 84 valence electrons. The normalized spacial score (nSPS) is 12.9. The lowest BCUT2D eigenvalue weighted by Crippen LogP contribution is -2.41. The SMILES string of the molecule is CCOCC(NC(=O)CCCl)C(C)C. The van der Waals surface area contributed by atoms with E-state index in [1.54, 1.807) is 0 Å². The van der Waals surface area contributed by atoms with Crippen LogP contribution >= 0.6 is 11.6 Å². The quantitative estimate of drug-likeness (QED) is 0.666. The Bertz CT molecular complexity index is 162. The van der Waals surface area contributed by atoms with Crippen molar-refractivity contribution in [3.05, 3.63) is 0 Å². The van der Waals surface area contributed by atoms with Crippen LogP contribution in [-0.2, 0) is 9.53 Å². The first-order chi connectivity index (χ1) is 6.61. The maximum absolute atomic E-state index is 11.3. The number of hydrogen-bond acceptors (Lipinski definition) is 2. The lowest BCUT2D eigenvalue weighted by Gasteiger charge is -2.21. The van der Waals surface area contributed by atoms with Gasteiger partial charge in [-0.15, -0.1) is 11.6 Å². The number of amides is 1. The molecule has 0 heterocycles. The van der Waals surface area contributed by atoms with Crippen LogP contribution in [0.15, 0.2) is 0 Å². The predicted molar refractivity (Wildman–Crippen MR) is 58.6 cm³/mol. The Kier molecular flexibility index (Phi) is 7.90. The molecule has 0 aromatic heterocycles. The highest BCUT2D eigenvalue weighted by Crippen LogP contribution is 2.02. The summed E-state index contributed by atoms with van der Waals surface area (Å²) in [5, 5.41) is 2.90. The number of nitrogens with one attached hydrogen (secondary N) is 1. The summed E-state index contributed by atoms with van der Waals surface area (Å²) in [4.78, 5) is 11.3. The van der Waals surface area contributed by atoms with Crippen LogP contribution in [0, 0.1) is 5.92 Å². The fraction of sp³-hybridized carbons (Fsp3) is 0.900. The van der Waals surface area contributed by atoms with Crippen molar-refractivity contribution < 1.29 is 9.53 Å². The van der Waals surface area contributed by atoms with Gasteiger partial charge in [0, 0.05) is 18.9 Å². The minimum absolute atomic E-state index is 0.00148. The van der Waals surface area contributed by atoms with E-state index in [0.29, 0.717) is 31.4 Å². The molecule has 1 N–H and O–H groups in total. The number of rotatable bonds is 7. The minimum Gasteiger partial charge on any atom is -0.380 e. The Balaban J connectivity index is 3.89. The summed E-state index contributed by atoms with van der Waals surface area (Å²) in [6.45, 7) is 7.31. The average molecular weight is 222 g/mol. The minimum atomic E-state index is -0.00148. The molecular weight excluding hydrogens is 202 g/mol. The van der Waals surface area contributed by atoms with Gasteiger partial charge < -0.3 is 10.1 Å². The first-order valence-corrected chi connectivity index (χ1v) is 5.58. The predicted octanol–water partition coefficient (Wildman–Crippen LogP) is 1.79. The molecule has 0 aliphatic carbocycles. The lowest BCUT2D eigenvalue weighted by molar-refractivity contribution is -0.122. The van der Waals surface area contributed by atoms with Crippen LogP contribution in [0.25, 0.3) is 0 Å². The Morgan fingerprint density at radius 3 is 2.57 bits per heavy atom. The number of carbonyl (C=O) groups excluding carboxylic acids is 1. The Hall–Kier alpha value is -0.280. The number of alkyl halides is 1. The van der Waals surface area contributed by atoms with Crippen molar-refractivity contribution in [1.29, 1.82) is 0 Å². The zero-order valence-electron chi connectivity index (χ0n) is 9.18. The maximum Gasteiger partial charge on any atom is 0.221 e. The highest BCUT2D eigenvalue weighted by molar-refractivity contribution is 6.18. The highest BCUT2D eigenvalue weighted by Gasteiger charge is 2.15. The van der Waals surface area contributed by atoms with Gasteiger partial charge in [0.25, 0.3) is 0 Å². The fourth-order valence-electron chi connectivity index (χ4n) is 1.01. The van der Waals surface area contributed by atoms with Crippen LogP contribution < -0.4 is 5.32 Å². The van der Waals surface area contributed by atoms with E-state index in [2.05, 4.69) is 19.2 Å². The van der Waals surface area contributed by atoms with Crippen molar-refractivity contribution in [2.24, 2.45) is 5.92 Å². The van der Waals surface area contributed by atoms with E-state index in [4.69, 9.17) is 16.3 Å². The molecule has 1 amide bonds. The van der Waals surface area contributed by atoms with Gasteiger partial charge in [0.05, 0.1) is 12.6 Å². The van der Waals surface area contributed by atoms with Gasteiger partial charge in [0.2, 0.25) is 5.91 Å². The van der Waals surface area contributed by atoms with E-state index in [0.717, 1.165) is 0 Å². The molecule has 0 aliphatic heterocycles. The molecule has 14 heavy (non-hydrogen) atoms. The van der Waals surface area contributed by atoms with E-state index in [1.807, 2.05) is 6.92 Å². The summed E-state index contributed by atoms with van der Waals surface area (Å²) >= 11 is 5.47. The molecule has 0 aromatic carbocycles. The molecule has 0 fully saturated rings. The summed E-state index contributed by atoms with van der Waals surface area (Å²) in [5.74, 6) is 0.741. The smallest absolute Gasteiger partial charge is 0.221 e. The maximum atomic E-state index is 11.3. The van der Waals surface area contributed by atoms with Crippen molar-refractivity contribution >= 4 is 17.5 Å². The van der Waals surface area contributed by atoms with Crippen LogP contribution in [0.5, 0.6) is 0 Å². The zero-order chi connectivity index (χ0) is 11.0. The number of ether oxygens (including phenoxy) is 1. The van der Waals surface area contributed by atoms with E-state index >= 15 is 0 Å². The fourth-order valence-corrected chi connectivity index (χ4v) is 1.18. The van der Waals surface area contributed by atoms with E-state index in [9.17, 15) is 4.79 Å². The van der Waals surface area contributed by atoms with E-state index in [1.165, 1.54) is 0 Å². The molecule has 0 saturated carbocycles. The lowest BCUT2D eigenvalue weighted by atomic mass is 10.1. The third-order valence-corrected chi connectivity index (χ3v) is 2.16. The second-order valence-corrected chi connectivity index (χ2v) is 3.89. The summed E-state index contributed by atoms with van der Waals surface area (Å²) < 4.78 is 5.29. The third kappa shape index (κ3) is 6.22. The van der Waals surface area contributed by atoms with Gasteiger partial charge in [-0.3, -0.25) is 4.79 Å². The third-order valence-electron chi connectivity index (χ3n) is 1.97. The molecule has 4 heteroatoms. The Labute approximate surface area is 91.2 Å². The van der Waals surface area contributed by atoms with E-state index < -0.39 is 0 Å². The van der Waals surface area contributed by atoms with Gasteiger partial charge in [0.15, 0.2) is 0 Å². The molecule has 0 saturated heterocycles. The molecule has 0 aliphatic rings. The molecule has 0 spiro atoms. The van der Waals surface area contributed by atoms with Crippen molar-refractivity contribution in [2.45, 2.75) is 33.2 Å². The molecule has 1 unspecified atom stereocenters. The van der Waals surface area contributed by atoms with Crippen LogP contribution in [0.1, 0.15) is 27.2 Å². The second-order valence-electron chi connectivity index (χ2n) is 3.52. The van der Waals surface area contributed by atoms with Gasteiger partial charge >= 0.3 is 0 Å². The van der Waals surface area contributed by atoms with Gasteiger partial charge in [0.1, 0.15) is 0 Å². The van der Waals surface area contributed by atoms with Crippen LogP contribution in [0.4, 0.5) is 0 Å². The Morgan fingerprint density at radius 1 is 1.50 bits per heavy atom. The summed E-state index contributed by atoms with van der Waals surface area (Å²) in [6.07, 6.45) is 0.372. The molecule has 1 atom stereocenters. The summed E-state index contributed by atoms with van der Waals surface area (Å²) in [7, 11) is 0. The molecule has 0 aromatic rings. The molecule has 0 radical (unpaired) electrons. The number of hydrogen-bond donors (Lipinski definition) is 1. The van der Waals surface area contributed by atoms with Gasteiger partial charge in [-0.1, -0.05) is 13.8 Å². The van der Waals surface area contributed by atoms with Crippen molar-refractivity contribution in [1.82, 2.24) is 5.32 Å². The van der Waals surface area contributed by atoms with Crippen LogP contribution in [0.2, 0.25) is 0 Å². The molecular formula is C10H20ClNO2. The van der Waals surface area contributed by atoms with Crippen LogP contribution in [0.3, 0.4) is 0 Å².